The van der Waals surface area contributed by atoms with Gasteiger partial charge in [-0.2, -0.15) is 0 Å². The van der Waals surface area contributed by atoms with Gasteiger partial charge in [0, 0.05) is 23.4 Å². The van der Waals surface area contributed by atoms with Crippen molar-refractivity contribution in [2.24, 2.45) is 5.92 Å². The molecule has 3 rings (SSSR count). The monoisotopic (exact) mass is 527 g/mol. The van der Waals surface area contributed by atoms with Crippen LogP contribution >= 0.6 is 0 Å². The Labute approximate surface area is 219 Å². The number of amides is 1. The molecule has 1 heterocycles. The van der Waals surface area contributed by atoms with E-state index in [0.717, 1.165) is 0 Å². The number of allylic oxidation sites excluding steroid dienone is 3. The van der Waals surface area contributed by atoms with E-state index in [4.69, 9.17) is 4.74 Å². The molecule has 0 radical (unpaired) electrons. The summed E-state index contributed by atoms with van der Waals surface area (Å²) in [5.41, 5.74) is 1.27. The Morgan fingerprint density at radius 1 is 1.22 bits per heavy atom. The van der Waals surface area contributed by atoms with Gasteiger partial charge in [-0.05, 0) is 76.3 Å². The first-order chi connectivity index (χ1) is 17.6. The standard InChI is InChI=1S/C28H37N3O5S/c1-5-7-8-9-19(3)27(20(4)32)30-28(33)21-10-13-23(14-11-21)31-37(34,35)24-15-16-25-22(18-24)12-17-26(29-25)36-6-2/h5,7-9,12,15-18,20-21,23,27,31-32H,3,6,10-11,13-14H2,1-2,4H3,(H,30,33)/b7-5-,9-8-/t20-,21-,23-,27+/m1/s1. The molecular formula is C28H37N3O5S. The summed E-state index contributed by atoms with van der Waals surface area (Å²) >= 11 is 0. The van der Waals surface area contributed by atoms with Crippen molar-refractivity contribution in [3.05, 3.63) is 66.8 Å². The molecule has 0 spiro atoms. The number of rotatable bonds is 11. The Morgan fingerprint density at radius 3 is 2.59 bits per heavy atom. The highest BCUT2D eigenvalue weighted by Crippen LogP contribution is 2.27. The second kappa shape index (κ2) is 13.0. The van der Waals surface area contributed by atoms with Crippen LogP contribution in [0.4, 0.5) is 0 Å². The lowest BCUT2D eigenvalue weighted by atomic mass is 9.85. The Morgan fingerprint density at radius 2 is 1.95 bits per heavy atom. The smallest absolute Gasteiger partial charge is 0.240 e. The van der Waals surface area contributed by atoms with Crippen LogP contribution in [0.3, 0.4) is 0 Å². The second-order valence-corrected chi connectivity index (χ2v) is 11.0. The molecule has 1 aliphatic carbocycles. The fourth-order valence-electron chi connectivity index (χ4n) is 4.43. The Balaban J connectivity index is 1.58. The molecular weight excluding hydrogens is 490 g/mol. The van der Waals surface area contributed by atoms with Crippen molar-refractivity contribution in [3.63, 3.8) is 0 Å². The van der Waals surface area contributed by atoms with Crippen LogP contribution in [-0.4, -0.2) is 49.2 Å². The molecule has 1 aliphatic rings. The van der Waals surface area contributed by atoms with E-state index in [1.165, 1.54) is 0 Å². The van der Waals surface area contributed by atoms with E-state index in [-0.39, 0.29) is 22.8 Å². The van der Waals surface area contributed by atoms with Gasteiger partial charge < -0.3 is 15.2 Å². The van der Waals surface area contributed by atoms with Crippen LogP contribution in [-0.2, 0) is 14.8 Å². The van der Waals surface area contributed by atoms with Crippen molar-refractivity contribution in [3.8, 4) is 5.88 Å². The SMILES string of the molecule is C=C(/C=C\C=C/C)[C@H](NC(=O)[C@H]1CC[C@H](NS(=O)(=O)c2ccc3nc(OCC)ccc3c2)CC1)[C@@H](C)O. The zero-order chi connectivity index (χ0) is 27.0. The lowest BCUT2D eigenvalue weighted by Gasteiger charge is -2.30. The van der Waals surface area contributed by atoms with Crippen LogP contribution in [0.5, 0.6) is 5.88 Å². The molecule has 37 heavy (non-hydrogen) atoms. The van der Waals surface area contributed by atoms with Gasteiger partial charge in [0.2, 0.25) is 21.8 Å². The van der Waals surface area contributed by atoms with Crippen LogP contribution in [0.15, 0.2) is 71.7 Å². The van der Waals surface area contributed by atoms with Crippen LogP contribution in [0, 0.1) is 5.92 Å². The number of nitrogens with zero attached hydrogens (tertiary/aromatic N) is 1. The maximum absolute atomic E-state index is 13.0. The first-order valence-corrected chi connectivity index (χ1v) is 14.2. The molecule has 1 amide bonds. The maximum Gasteiger partial charge on any atom is 0.240 e. The highest BCUT2D eigenvalue weighted by atomic mass is 32.2. The minimum Gasteiger partial charge on any atom is -0.478 e. The minimum absolute atomic E-state index is 0.152. The number of carbonyl (C=O) groups excluding carboxylic acids is 1. The highest BCUT2D eigenvalue weighted by Gasteiger charge is 2.31. The van der Waals surface area contributed by atoms with Gasteiger partial charge >= 0.3 is 0 Å². The molecule has 200 valence electrons. The fraction of sp³-hybridized carbons (Fsp3) is 0.429. The Kier molecular flexibility index (Phi) is 10.0. The van der Waals surface area contributed by atoms with E-state index in [0.29, 0.717) is 54.6 Å². The van der Waals surface area contributed by atoms with Crippen LogP contribution in [0.1, 0.15) is 46.5 Å². The molecule has 1 fully saturated rings. The quantitative estimate of drug-likeness (QED) is 0.380. The lowest BCUT2D eigenvalue weighted by molar-refractivity contribution is -0.127. The summed E-state index contributed by atoms with van der Waals surface area (Å²) in [6.45, 7) is 9.87. The molecule has 0 unspecified atom stereocenters. The summed E-state index contributed by atoms with van der Waals surface area (Å²) in [5.74, 6) is 0.0977. The number of aromatic nitrogens is 1. The first-order valence-electron chi connectivity index (χ1n) is 12.7. The normalized spacial score (nSPS) is 20.2. The van der Waals surface area contributed by atoms with Gasteiger partial charge in [0.15, 0.2) is 0 Å². The van der Waals surface area contributed by atoms with E-state index in [1.807, 2.05) is 32.1 Å². The first kappa shape index (κ1) is 28.6. The zero-order valence-corrected chi connectivity index (χ0v) is 22.5. The van der Waals surface area contributed by atoms with Gasteiger partial charge in [0.25, 0.3) is 0 Å². The summed E-state index contributed by atoms with van der Waals surface area (Å²) in [4.78, 5) is 17.5. The summed E-state index contributed by atoms with van der Waals surface area (Å²) in [6.07, 6.45) is 8.71. The van der Waals surface area contributed by atoms with Crippen molar-refractivity contribution in [2.75, 3.05) is 6.61 Å². The van der Waals surface area contributed by atoms with E-state index in [1.54, 1.807) is 43.3 Å². The average Bonchev–Trinajstić information content (AvgIpc) is 2.87. The molecule has 8 nitrogen and oxygen atoms in total. The summed E-state index contributed by atoms with van der Waals surface area (Å²) in [7, 11) is -3.73. The third kappa shape index (κ3) is 7.74. The summed E-state index contributed by atoms with van der Waals surface area (Å²) in [5, 5.41) is 13.8. The number of fused-ring (bicyclic) bond motifs is 1. The molecule has 2 aromatic rings. The zero-order valence-electron chi connectivity index (χ0n) is 21.7. The second-order valence-electron chi connectivity index (χ2n) is 9.29. The number of benzene rings is 1. The van der Waals surface area contributed by atoms with E-state index in [9.17, 15) is 18.3 Å². The number of nitrogens with one attached hydrogen (secondary N) is 2. The third-order valence-electron chi connectivity index (χ3n) is 6.45. The van der Waals surface area contributed by atoms with Crippen LogP contribution in [0.25, 0.3) is 10.9 Å². The van der Waals surface area contributed by atoms with Crippen molar-refractivity contribution in [2.45, 2.75) is 69.5 Å². The highest BCUT2D eigenvalue weighted by molar-refractivity contribution is 7.89. The maximum atomic E-state index is 13.0. The van der Waals surface area contributed by atoms with Crippen molar-refractivity contribution >= 4 is 26.8 Å². The van der Waals surface area contributed by atoms with Crippen LogP contribution < -0.4 is 14.8 Å². The van der Waals surface area contributed by atoms with Crippen molar-refractivity contribution < 1.29 is 23.1 Å². The molecule has 1 aromatic heterocycles. The number of carbonyl (C=O) groups is 1. The van der Waals surface area contributed by atoms with Crippen LogP contribution in [0.2, 0.25) is 0 Å². The number of aliphatic hydroxyl groups is 1. The van der Waals surface area contributed by atoms with E-state index in [2.05, 4.69) is 21.6 Å². The minimum atomic E-state index is -3.73. The number of hydrogen-bond donors (Lipinski definition) is 3. The number of sulfonamides is 1. The molecule has 2 atom stereocenters. The lowest BCUT2D eigenvalue weighted by Crippen LogP contribution is -2.47. The van der Waals surface area contributed by atoms with Gasteiger partial charge in [-0.15, -0.1) is 0 Å². The summed E-state index contributed by atoms with van der Waals surface area (Å²) in [6, 6.07) is 7.49. The predicted octanol–water partition coefficient (Wildman–Crippen LogP) is 4.02. The predicted molar refractivity (Wildman–Crippen MR) is 146 cm³/mol. The van der Waals surface area contributed by atoms with Crippen molar-refractivity contribution in [1.29, 1.82) is 0 Å². The number of ether oxygens (including phenoxy) is 1. The number of aliphatic hydroxyl groups excluding tert-OH is 1. The van der Waals surface area contributed by atoms with Gasteiger partial charge in [0.1, 0.15) is 0 Å². The van der Waals surface area contributed by atoms with E-state index >= 15 is 0 Å². The number of pyridine rings is 1. The van der Waals surface area contributed by atoms with Gasteiger partial charge in [0.05, 0.1) is 29.2 Å². The molecule has 1 saturated carbocycles. The summed E-state index contributed by atoms with van der Waals surface area (Å²) < 4.78 is 34.3. The van der Waals surface area contributed by atoms with Crippen molar-refractivity contribution in [1.82, 2.24) is 15.0 Å². The van der Waals surface area contributed by atoms with Gasteiger partial charge in [-0.3, -0.25) is 4.79 Å². The Bertz CT molecular complexity index is 1260. The Hall–Kier alpha value is -3.01. The molecule has 0 saturated heterocycles. The average molecular weight is 528 g/mol. The van der Waals surface area contributed by atoms with E-state index < -0.39 is 22.2 Å². The third-order valence-corrected chi connectivity index (χ3v) is 7.97. The number of hydrogen-bond acceptors (Lipinski definition) is 6. The molecule has 0 aliphatic heterocycles. The molecule has 0 bridgehead atoms. The van der Waals surface area contributed by atoms with Gasteiger partial charge in [-0.25, -0.2) is 18.1 Å². The topological polar surface area (TPSA) is 118 Å². The van der Waals surface area contributed by atoms with Gasteiger partial charge in [-0.1, -0.05) is 30.9 Å². The fourth-order valence-corrected chi connectivity index (χ4v) is 5.77. The largest absolute Gasteiger partial charge is 0.478 e. The molecule has 3 N–H and O–H groups in total. The molecule has 9 heteroatoms. The molecule has 1 aromatic carbocycles.